The summed E-state index contributed by atoms with van der Waals surface area (Å²) < 4.78 is 24.2. The van der Waals surface area contributed by atoms with Gasteiger partial charge in [0.15, 0.2) is 5.78 Å². The van der Waals surface area contributed by atoms with Crippen molar-refractivity contribution in [3.63, 3.8) is 0 Å². The van der Waals surface area contributed by atoms with Gasteiger partial charge < -0.3 is 9.47 Å². The largest absolute Gasteiger partial charge is 0.496 e. The molecule has 2 unspecified atom stereocenters. The molecule has 0 aliphatic carbocycles. The number of rotatable bonds is 7. The summed E-state index contributed by atoms with van der Waals surface area (Å²) in [7, 11) is 2.74. The van der Waals surface area contributed by atoms with Crippen LogP contribution in [0.4, 0.5) is 4.39 Å². The second-order valence-electron chi connectivity index (χ2n) is 4.48. The van der Waals surface area contributed by atoms with E-state index in [0.717, 1.165) is 0 Å². The second-order valence-corrected chi connectivity index (χ2v) is 4.48. The first-order valence-electron chi connectivity index (χ1n) is 6.40. The first-order chi connectivity index (χ1) is 9.47. The molecule has 0 aliphatic heterocycles. The molecular weight excluding hydrogens is 263 g/mol. The van der Waals surface area contributed by atoms with Gasteiger partial charge in [-0.25, -0.2) is 4.39 Å². The van der Waals surface area contributed by atoms with Gasteiger partial charge in [-0.3, -0.25) is 9.59 Å². The van der Waals surface area contributed by atoms with E-state index in [2.05, 4.69) is 0 Å². The van der Waals surface area contributed by atoms with E-state index in [4.69, 9.17) is 9.47 Å². The highest BCUT2D eigenvalue weighted by molar-refractivity contribution is 6.16. The minimum Gasteiger partial charge on any atom is -0.496 e. The summed E-state index contributed by atoms with van der Waals surface area (Å²) in [5.74, 6) is -1.77. The van der Waals surface area contributed by atoms with Gasteiger partial charge in [0, 0.05) is 5.92 Å². The molecule has 1 aromatic carbocycles. The molecule has 0 radical (unpaired) electrons. The average molecular weight is 282 g/mol. The summed E-state index contributed by atoms with van der Waals surface area (Å²) in [6, 6.07) is 4.67. The molecule has 20 heavy (non-hydrogen) atoms. The Bertz CT molecular complexity index is 476. The Labute approximate surface area is 117 Å². The Morgan fingerprint density at radius 3 is 2.10 bits per heavy atom. The number of ether oxygens (including phenoxy) is 2. The number of hydrogen-bond acceptors (Lipinski definition) is 4. The molecule has 0 aliphatic rings. The van der Waals surface area contributed by atoms with Crippen LogP contribution in [0.2, 0.25) is 0 Å². The maximum Gasteiger partial charge on any atom is 0.221 e. The van der Waals surface area contributed by atoms with Gasteiger partial charge in [-0.2, -0.15) is 0 Å². The molecule has 0 fully saturated rings. The number of benzene rings is 1. The minimum absolute atomic E-state index is 0.0401. The summed E-state index contributed by atoms with van der Waals surface area (Å²) >= 11 is 0. The third-order valence-corrected chi connectivity index (χ3v) is 3.25. The predicted octanol–water partition coefficient (Wildman–Crippen LogP) is 2.84. The zero-order chi connectivity index (χ0) is 15.3. The van der Waals surface area contributed by atoms with Crippen molar-refractivity contribution >= 4 is 11.6 Å². The van der Waals surface area contributed by atoms with Crippen LogP contribution in [0.5, 0.6) is 11.5 Å². The van der Waals surface area contributed by atoms with Crippen molar-refractivity contribution < 1.29 is 23.5 Å². The van der Waals surface area contributed by atoms with Crippen LogP contribution in [-0.2, 0) is 4.79 Å². The lowest BCUT2D eigenvalue weighted by Gasteiger charge is -2.15. The van der Waals surface area contributed by atoms with Crippen molar-refractivity contribution in [3.05, 3.63) is 23.8 Å². The molecule has 0 spiro atoms. The third-order valence-electron chi connectivity index (χ3n) is 3.25. The van der Waals surface area contributed by atoms with E-state index in [9.17, 15) is 14.0 Å². The molecule has 4 nitrogen and oxygen atoms in total. The molecule has 2 atom stereocenters. The third kappa shape index (κ3) is 3.15. The number of Topliss-reactive ketones (excluding diaryl/α,β-unsaturated/α-hetero) is 2. The number of ketones is 2. The van der Waals surface area contributed by atoms with Gasteiger partial charge in [0.1, 0.15) is 17.1 Å². The lowest BCUT2D eigenvalue weighted by atomic mass is 9.94. The number of carbonyl (C=O) groups excluding carboxylic acids is 2. The summed E-state index contributed by atoms with van der Waals surface area (Å²) in [6.45, 7) is 3.37. The highest BCUT2D eigenvalue weighted by atomic mass is 19.1. The number of halogens is 1. The SMILES string of the molecule is CCC(C)C(=O)C(F)C(=O)c1c(OC)cccc1OC. The predicted molar refractivity (Wildman–Crippen MR) is 73.2 cm³/mol. The number of hydrogen-bond donors (Lipinski definition) is 0. The van der Waals surface area contributed by atoms with Crippen LogP contribution in [0, 0.1) is 5.92 Å². The summed E-state index contributed by atoms with van der Waals surface area (Å²) in [5.41, 5.74) is -0.0401. The van der Waals surface area contributed by atoms with Gasteiger partial charge in [-0.05, 0) is 18.6 Å². The van der Waals surface area contributed by atoms with E-state index in [1.165, 1.54) is 26.4 Å². The highest BCUT2D eigenvalue weighted by Gasteiger charge is 2.33. The van der Waals surface area contributed by atoms with Crippen LogP contribution in [-0.4, -0.2) is 32.0 Å². The van der Waals surface area contributed by atoms with Crippen molar-refractivity contribution in [3.8, 4) is 11.5 Å². The van der Waals surface area contributed by atoms with Gasteiger partial charge in [0.05, 0.1) is 14.2 Å². The molecule has 0 saturated heterocycles. The van der Waals surface area contributed by atoms with Crippen molar-refractivity contribution in [1.29, 1.82) is 0 Å². The molecule has 110 valence electrons. The van der Waals surface area contributed by atoms with Crippen LogP contribution in [0.3, 0.4) is 0 Å². The molecular formula is C15H19FO4. The molecule has 0 heterocycles. The summed E-state index contributed by atoms with van der Waals surface area (Å²) in [5, 5.41) is 0. The topological polar surface area (TPSA) is 52.6 Å². The molecule has 0 bridgehead atoms. The lowest BCUT2D eigenvalue weighted by Crippen LogP contribution is -2.30. The van der Waals surface area contributed by atoms with E-state index >= 15 is 0 Å². The van der Waals surface area contributed by atoms with Crippen LogP contribution in [0.15, 0.2) is 18.2 Å². The van der Waals surface area contributed by atoms with Gasteiger partial charge >= 0.3 is 0 Å². The fraction of sp³-hybridized carbons (Fsp3) is 0.467. The minimum atomic E-state index is -2.20. The molecule has 1 aromatic rings. The Hall–Kier alpha value is -1.91. The smallest absolute Gasteiger partial charge is 0.221 e. The molecule has 0 amide bonds. The first kappa shape index (κ1) is 16.1. The van der Waals surface area contributed by atoms with Crippen molar-refractivity contribution in [2.24, 2.45) is 5.92 Å². The quantitative estimate of drug-likeness (QED) is 0.570. The van der Waals surface area contributed by atoms with Crippen LogP contribution < -0.4 is 9.47 Å². The van der Waals surface area contributed by atoms with Crippen molar-refractivity contribution in [1.82, 2.24) is 0 Å². The molecule has 5 heteroatoms. The number of methoxy groups -OCH3 is 2. The highest BCUT2D eigenvalue weighted by Crippen LogP contribution is 2.30. The first-order valence-corrected chi connectivity index (χ1v) is 6.40. The van der Waals surface area contributed by atoms with Gasteiger partial charge in [0.25, 0.3) is 0 Å². The number of carbonyl (C=O) groups is 2. The standard InChI is InChI=1S/C15H19FO4/c1-5-9(2)14(17)13(16)15(18)12-10(19-3)7-6-8-11(12)20-4/h6-9,13H,5H2,1-4H3. The fourth-order valence-corrected chi connectivity index (χ4v) is 1.80. The lowest BCUT2D eigenvalue weighted by molar-refractivity contribution is -0.125. The van der Waals surface area contributed by atoms with Gasteiger partial charge in [-0.15, -0.1) is 0 Å². The normalized spacial score (nSPS) is 13.4. The van der Waals surface area contributed by atoms with E-state index in [0.29, 0.717) is 6.42 Å². The molecule has 0 aromatic heterocycles. The Morgan fingerprint density at radius 2 is 1.70 bits per heavy atom. The monoisotopic (exact) mass is 282 g/mol. The van der Waals surface area contributed by atoms with Crippen LogP contribution in [0.1, 0.15) is 30.6 Å². The van der Waals surface area contributed by atoms with Crippen LogP contribution >= 0.6 is 0 Å². The van der Waals surface area contributed by atoms with E-state index in [-0.39, 0.29) is 17.1 Å². The maximum absolute atomic E-state index is 14.1. The van der Waals surface area contributed by atoms with E-state index < -0.39 is 23.7 Å². The van der Waals surface area contributed by atoms with Crippen molar-refractivity contribution in [2.45, 2.75) is 26.4 Å². The van der Waals surface area contributed by atoms with Crippen LogP contribution in [0.25, 0.3) is 0 Å². The maximum atomic E-state index is 14.1. The fourth-order valence-electron chi connectivity index (χ4n) is 1.80. The van der Waals surface area contributed by atoms with E-state index in [1.54, 1.807) is 19.9 Å². The second kappa shape index (κ2) is 7.03. The Kier molecular flexibility index (Phi) is 5.67. The summed E-state index contributed by atoms with van der Waals surface area (Å²) in [4.78, 5) is 24.0. The number of alkyl halides is 1. The average Bonchev–Trinajstić information content (AvgIpc) is 2.50. The van der Waals surface area contributed by atoms with Crippen molar-refractivity contribution in [2.75, 3.05) is 14.2 Å². The molecule has 0 N–H and O–H groups in total. The Balaban J connectivity index is 3.17. The van der Waals surface area contributed by atoms with Gasteiger partial charge in [0.2, 0.25) is 12.0 Å². The Morgan fingerprint density at radius 1 is 1.20 bits per heavy atom. The molecule has 1 rings (SSSR count). The zero-order valence-electron chi connectivity index (χ0n) is 12.1. The molecule has 0 saturated carbocycles. The van der Waals surface area contributed by atoms with Gasteiger partial charge in [-0.1, -0.05) is 19.9 Å². The van der Waals surface area contributed by atoms with E-state index in [1.807, 2.05) is 0 Å². The summed E-state index contributed by atoms with van der Waals surface area (Å²) in [6.07, 6.45) is -1.72. The zero-order valence-corrected chi connectivity index (χ0v) is 12.1.